The Bertz CT molecular complexity index is 549. The van der Waals surface area contributed by atoms with Gasteiger partial charge in [-0.25, -0.2) is 8.42 Å². The molecular formula is C11H15NO5S2. The summed E-state index contributed by atoms with van der Waals surface area (Å²) in [5.74, 6) is -1.01. The summed E-state index contributed by atoms with van der Waals surface area (Å²) >= 11 is 0.922. The number of aliphatic carboxylic acids is 1. The van der Waals surface area contributed by atoms with Gasteiger partial charge in [-0.3, -0.25) is 4.79 Å². The predicted octanol–water partition coefficient (Wildman–Crippen LogP) is 0.544. The molecule has 0 saturated heterocycles. The maximum Gasteiger partial charge on any atom is 0.308 e. The molecule has 0 aliphatic carbocycles. The van der Waals surface area contributed by atoms with Crippen LogP contribution in [0.15, 0.2) is 29.0 Å². The summed E-state index contributed by atoms with van der Waals surface area (Å²) in [5, 5.41) is 17.5. The van der Waals surface area contributed by atoms with Gasteiger partial charge in [-0.05, 0) is 12.1 Å². The van der Waals surface area contributed by atoms with Crippen molar-refractivity contribution in [3.8, 4) is 0 Å². The van der Waals surface area contributed by atoms with Crippen molar-refractivity contribution in [2.45, 2.75) is 10.6 Å². The van der Waals surface area contributed by atoms with Crippen molar-refractivity contribution in [2.75, 3.05) is 19.7 Å². The highest BCUT2D eigenvalue weighted by Gasteiger charge is 2.25. The molecule has 0 saturated carbocycles. The first-order chi connectivity index (χ1) is 8.91. The lowest BCUT2D eigenvalue weighted by molar-refractivity contribution is -0.136. The first kappa shape index (κ1) is 15.8. The van der Waals surface area contributed by atoms with Gasteiger partial charge in [0.05, 0.1) is 13.0 Å². The van der Waals surface area contributed by atoms with E-state index in [1.165, 1.54) is 18.2 Å². The molecule has 0 atom stereocenters. The Labute approximate surface area is 115 Å². The molecule has 0 unspecified atom stereocenters. The van der Waals surface area contributed by atoms with Gasteiger partial charge in [-0.1, -0.05) is 6.08 Å². The molecule has 6 nitrogen and oxygen atoms in total. The van der Waals surface area contributed by atoms with Crippen LogP contribution >= 0.6 is 11.3 Å². The van der Waals surface area contributed by atoms with Crippen LogP contribution in [0, 0.1) is 0 Å². The van der Waals surface area contributed by atoms with Crippen molar-refractivity contribution in [1.29, 1.82) is 0 Å². The lowest BCUT2D eigenvalue weighted by Crippen LogP contribution is -2.33. The fourth-order valence-corrected chi connectivity index (χ4v) is 4.34. The van der Waals surface area contributed by atoms with Crippen LogP contribution in [-0.4, -0.2) is 48.6 Å². The number of carbonyl (C=O) groups is 1. The number of aliphatic hydroxyl groups excluding tert-OH is 1. The molecule has 0 spiro atoms. The van der Waals surface area contributed by atoms with E-state index in [4.69, 9.17) is 10.2 Å². The summed E-state index contributed by atoms with van der Waals surface area (Å²) in [4.78, 5) is 11.0. The fraction of sp³-hybridized carbons (Fsp3) is 0.364. The third-order valence-electron chi connectivity index (χ3n) is 2.24. The quantitative estimate of drug-likeness (QED) is 0.684. The van der Waals surface area contributed by atoms with Crippen LogP contribution < -0.4 is 0 Å². The summed E-state index contributed by atoms with van der Waals surface area (Å²) in [7, 11) is -3.71. The minimum absolute atomic E-state index is 0.0273. The third kappa shape index (κ3) is 4.13. The molecule has 19 heavy (non-hydrogen) atoms. The molecular weight excluding hydrogens is 290 g/mol. The fourth-order valence-electron chi connectivity index (χ4n) is 1.43. The van der Waals surface area contributed by atoms with Crippen LogP contribution in [-0.2, 0) is 21.2 Å². The Balaban J connectivity index is 3.00. The number of hydrogen-bond acceptors (Lipinski definition) is 5. The molecule has 1 aromatic heterocycles. The van der Waals surface area contributed by atoms with E-state index >= 15 is 0 Å². The van der Waals surface area contributed by atoms with Gasteiger partial charge in [-0.15, -0.1) is 17.9 Å². The monoisotopic (exact) mass is 305 g/mol. The van der Waals surface area contributed by atoms with Gasteiger partial charge in [0.15, 0.2) is 0 Å². The maximum absolute atomic E-state index is 12.2. The van der Waals surface area contributed by atoms with E-state index < -0.39 is 16.0 Å². The summed E-state index contributed by atoms with van der Waals surface area (Å²) in [6, 6.07) is 2.86. The average Bonchev–Trinajstić information content (AvgIpc) is 2.77. The van der Waals surface area contributed by atoms with Crippen LogP contribution in [0.2, 0.25) is 0 Å². The molecule has 0 fully saturated rings. The van der Waals surface area contributed by atoms with Gasteiger partial charge in [0, 0.05) is 18.0 Å². The van der Waals surface area contributed by atoms with E-state index in [0.717, 1.165) is 15.6 Å². The zero-order valence-corrected chi connectivity index (χ0v) is 11.8. The highest BCUT2D eigenvalue weighted by molar-refractivity contribution is 7.91. The SMILES string of the molecule is C=CCN(CCO)S(=O)(=O)c1ccc(CC(=O)O)s1. The predicted molar refractivity (Wildman–Crippen MR) is 71.7 cm³/mol. The molecule has 1 rings (SSSR count). The topological polar surface area (TPSA) is 94.9 Å². The Morgan fingerprint density at radius 1 is 1.47 bits per heavy atom. The normalized spacial score (nSPS) is 11.7. The lowest BCUT2D eigenvalue weighted by atomic mass is 10.3. The second kappa shape index (κ2) is 6.80. The zero-order chi connectivity index (χ0) is 14.5. The summed E-state index contributed by atoms with van der Waals surface area (Å²) < 4.78 is 25.6. The number of aliphatic hydroxyl groups is 1. The number of hydrogen-bond donors (Lipinski definition) is 2. The first-order valence-corrected chi connectivity index (χ1v) is 7.70. The van der Waals surface area contributed by atoms with Crippen LogP contribution in [0.25, 0.3) is 0 Å². The van der Waals surface area contributed by atoms with Crippen LogP contribution in [0.5, 0.6) is 0 Å². The van der Waals surface area contributed by atoms with Crippen LogP contribution in [0.1, 0.15) is 4.88 Å². The third-order valence-corrected chi connectivity index (χ3v) is 5.66. The Kier molecular flexibility index (Phi) is 5.67. The maximum atomic E-state index is 12.2. The Morgan fingerprint density at radius 2 is 2.16 bits per heavy atom. The molecule has 8 heteroatoms. The van der Waals surface area contributed by atoms with Crippen molar-refractivity contribution in [3.05, 3.63) is 29.7 Å². The number of nitrogens with zero attached hydrogens (tertiary/aromatic N) is 1. The van der Waals surface area contributed by atoms with E-state index in [1.807, 2.05) is 0 Å². The van der Waals surface area contributed by atoms with E-state index in [1.54, 1.807) is 0 Å². The summed E-state index contributed by atoms with van der Waals surface area (Å²) in [5.41, 5.74) is 0. The van der Waals surface area contributed by atoms with Gasteiger partial charge in [-0.2, -0.15) is 4.31 Å². The molecule has 106 valence electrons. The number of rotatable bonds is 8. The molecule has 2 N–H and O–H groups in total. The highest BCUT2D eigenvalue weighted by Crippen LogP contribution is 2.25. The van der Waals surface area contributed by atoms with Gasteiger partial charge in [0.2, 0.25) is 0 Å². The molecule has 0 aliphatic heterocycles. The van der Waals surface area contributed by atoms with Crippen molar-refractivity contribution in [2.24, 2.45) is 0 Å². The zero-order valence-electron chi connectivity index (χ0n) is 10.2. The standard InChI is InChI=1S/C11H15NO5S2/c1-2-5-12(6-7-13)19(16,17)11-4-3-9(18-11)8-10(14)15/h2-4,13H,1,5-8H2,(H,14,15). The highest BCUT2D eigenvalue weighted by atomic mass is 32.2. The van der Waals surface area contributed by atoms with Crippen molar-refractivity contribution in [1.82, 2.24) is 4.31 Å². The van der Waals surface area contributed by atoms with E-state index in [2.05, 4.69) is 6.58 Å². The van der Waals surface area contributed by atoms with Gasteiger partial charge >= 0.3 is 5.97 Å². The Morgan fingerprint density at radius 3 is 2.68 bits per heavy atom. The van der Waals surface area contributed by atoms with Gasteiger partial charge < -0.3 is 10.2 Å². The average molecular weight is 305 g/mol. The van der Waals surface area contributed by atoms with E-state index in [0.29, 0.717) is 4.88 Å². The van der Waals surface area contributed by atoms with E-state index in [-0.39, 0.29) is 30.3 Å². The van der Waals surface area contributed by atoms with Crippen LogP contribution in [0.4, 0.5) is 0 Å². The Hall–Kier alpha value is -1.22. The molecule has 0 aromatic carbocycles. The molecule has 1 heterocycles. The molecule has 0 bridgehead atoms. The first-order valence-electron chi connectivity index (χ1n) is 5.44. The lowest BCUT2D eigenvalue weighted by Gasteiger charge is -2.18. The van der Waals surface area contributed by atoms with Gasteiger partial charge in [0.1, 0.15) is 4.21 Å². The number of carboxylic acids is 1. The molecule has 0 amide bonds. The number of sulfonamides is 1. The van der Waals surface area contributed by atoms with Crippen molar-refractivity contribution >= 4 is 27.3 Å². The van der Waals surface area contributed by atoms with E-state index in [9.17, 15) is 13.2 Å². The molecule has 0 aliphatic rings. The second-order valence-electron chi connectivity index (χ2n) is 3.67. The molecule has 1 aromatic rings. The minimum Gasteiger partial charge on any atom is -0.481 e. The number of carboxylic acid groups (broad SMARTS) is 1. The molecule has 0 radical (unpaired) electrons. The van der Waals surface area contributed by atoms with Crippen LogP contribution in [0.3, 0.4) is 0 Å². The smallest absolute Gasteiger partial charge is 0.308 e. The second-order valence-corrected chi connectivity index (χ2v) is 7.00. The minimum atomic E-state index is -3.71. The number of thiophene rings is 1. The van der Waals surface area contributed by atoms with Crippen molar-refractivity contribution < 1.29 is 23.4 Å². The largest absolute Gasteiger partial charge is 0.481 e. The summed E-state index contributed by atoms with van der Waals surface area (Å²) in [6.45, 7) is 3.25. The van der Waals surface area contributed by atoms with Gasteiger partial charge in [0.25, 0.3) is 10.0 Å². The summed E-state index contributed by atoms with van der Waals surface area (Å²) in [6.07, 6.45) is 1.22. The van der Waals surface area contributed by atoms with Crippen molar-refractivity contribution in [3.63, 3.8) is 0 Å².